The fourth-order valence-corrected chi connectivity index (χ4v) is 3.56. The molecule has 1 aromatic carbocycles. The minimum Gasteiger partial charge on any atom is -0.496 e. The van der Waals surface area contributed by atoms with Gasteiger partial charge < -0.3 is 14.5 Å². The fraction of sp³-hybridized carbons (Fsp3) is 0.450. The molecule has 0 saturated carbocycles. The first-order valence-electron chi connectivity index (χ1n) is 9.15. The monoisotopic (exact) mass is 370 g/mol. The van der Waals surface area contributed by atoms with E-state index in [2.05, 4.69) is 5.10 Å². The lowest BCUT2D eigenvalue weighted by molar-refractivity contribution is 0.0716. The van der Waals surface area contributed by atoms with Crippen LogP contribution < -0.4 is 4.74 Å². The molecule has 0 aliphatic carbocycles. The van der Waals surface area contributed by atoms with Crippen LogP contribution in [0.2, 0.25) is 0 Å². The molecule has 7 nitrogen and oxygen atoms in total. The molecule has 0 atom stereocenters. The topological polar surface area (TPSA) is 67.7 Å². The highest BCUT2D eigenvalue weighted by molar-refractivity contribution is 5.98. The number of hydrogen-bond acceptors (Lipinski definition) is 4. The van der Waals surface area contributed by atoms with Crippen LogP contribution in [0.4, 0.5) is 0 Å². The van der Waals surface area contributed by atoms with Gasteiger partial charge in [0, 0.05) is 38.9 Å². The van der Waals surface area contributed by atoms with Gasteiger partial charge in [-0.15, -0.1) is 0 Å². The molecule has 0 spiro atoms. The van der Waals surface area contributed by atoms with Crippen LogP contribution in [0, 0.1) is 13.8 Å². The fourth-order valence-electron chi connectivity index (χ4n) is 3.56. The van der Waals surface area contributed by atoms with E-state index in [1.54, 1.807) is 28.8 Å². The van der Waals surface area contributed by atoms with E-state index >= 15 is 0 Å². The van der Waals surface area contributed by atoms with Gasteiger partial charge in [-0.1, -0.05) is 12.1 Å². The van der Waals surface area contributed by atoms with Gasteiger partial charge in [0.25, 0.3) is 11.8 Å². The van der Waals surface area contributed by atoms with Gasteiger partial charge in [0.2, 0.25) is 0 Å². The predicted octanol–water partition coefficient (Wildman–Crippen LogP) is 2.03. The molecular formula is C20H26N4O3. The molecule has 0 unspecified atom stereocenters. The zero-order valence-corrected chi connectivity index (χ0v) is 16.4. The number of aromatic nitrogens is 2. The number of aryl methyl sites for hydroxylation is 2. The SMILES string of the molecule is COc1ccccc1C(=O)N1CCCN(C(=O)c2c(C)nn(C)c2C)CC1. The Hall–Kier alpha value is -2.83. The van der Waals surface area contributed by atoms with Crippen molar-refractivity contribution in [1.82, 2.24) is 19.6 Å². The molecule has 2 aromatic rings. The number of nitrogens with zero attached hydrogens (tertiary/aromatic N) is 4. The molecule has 27 heavy (non-hydrogen) atoms. The molecule has 0 radical (unpaired) electrons. The van der Waals surface area contributed by atoms with Gasteiger partial charge in [-0.3, -0.25) is 14.3 Å². The third-order valence-corrected chi connectivity index (χ3v) is 5.13. The van der Waals surface area contributed by atoms with Crippen LogP contribution in [0.25, 0.3) is 0 Å². The van der Waals surface area contributed by atoms with Crippen molar-refractivity contribution in [2.24, 2.45) is 7.05 Å². The highest BCUT2D eigenvalue weighted by Crippen LogP contribution is 2.21. The van der Waals surface area contributed by atoms with E-state index in [4.69, 9.17) is 4.74 Å². The highest BCUT2D eigenvalue weighted by Gasteiger charge is 2.27. The molecule has 2 heterocycles. The minimum atomic E-state index is -0.0597. The van der Waals surface area contributed by atoms with Gasteiger partial charge in [-0.2, -0.15) is 5.10 Å². The Morgan fingerprint density at radius 3 is 2.22 bits per heavy atom. The number of ether oxygens (including phenoxy) is 1. The van der Waals surface area contributed by atoms with Crippen LogP contribution in [0.3, 0.4) is 0 Å². The quantitative estimate of drug-likeness (QED) is 0.829. The lowest BCUT2D eigenvalue weighted by Gasteiger charge is -2.23. The molecule has 144 valence electrons. The van der Waals surface area contributed by atoms with Crippen LogP contribution in [0.1, 0.15) is 38.5 Å². The first kappa shape index (κ1) is 18.9. The maximum Gasteiger partial charge on any atom is 0.257 e. The van der Waals surface area contributed by atoms with Gasteiger partial charge >= 0.3 is 0 Å². The molecule has 1 saturated heterocycles. The molecule has 0 N–H and O–H groups in total. The maximum absolute atomic E-state index is 13.0. The molecule has 0 bridgehead atoms. The standard InChI is InChI=1S/C20H26N4O3/c1-14-18(15(2)22(3)21-14)20(26)24-11-7-10-23(12-13-24)19(25)16-8-5-6-9-17(16)27-4/h5-6,8-9H,7,10-13H2,1-4H3. The summed E-state index contributed by atoms with van der Waals surface area (Å²) < 4.78 is 7.05. The largest absolute Gasteiger partial charge is 0.496 e. The first-order valence-corrected chi connectivity index (χ1v) is 9.15. The third kappa shape index (κ3) is 3.67. The lowest BCUT2D eigenvalue weighted by Crippen LogP contribution is -2.37. The molecule has 1 aliphatic rings. The van der Waals surface area contributed by atoms with E-state index in [-0.39, 0.29) is 11.8 Å². The van der Waals surface area contributed by atoms with E-state index in [0.29, 0.717) is 43.1 Å². The first-order chi connectivity index (χ1) is 12.9. The Balaban J connectivity index is 1.74. The summed E-state index contributed by atoms with van der Waals surface area (Å²) >= 11 is 0. The number of benzene rings is 1. The molecule has 3 rings (SSSR count). The van der Waals surface area contributed by atoms with Crippen molar-refractivity contribution in [1.29, 1.82) is 0 Å². The molecular weight excluding hydrogens is 344 g/mol. The molecule has 2 amide bonds. The lowest BCUT2D eigenvalue weighted by atomic mass is 10.1. The van der Waals surface area contributed by atoms with Crippen molar-refractivity contribution in [2.45, 2.75) is 20.3 Å². The van der Waals surface area contributed by atoms with E-state index in [1.807, 2.05) is 37.9 Å². The van der Waals surface area contributed by atoms with E-state index < -0.39 is 0 Å². The van der Waals surface area contributed by atoms with E-state index in [0.717, 1.165) is 17.8 Å². The van der Waals surface area contributed by atoms with Crippen LogP contribution >= 0.6 is 0 Å². The minimum absolute atomic E-state index is 0.00955. The van der Waals surface area contributed by atoms with Crippen molar-refractivity contribution in [3.63, 3.8) is 0 Å². The number of para-hydroxylation sites is 1. The summed E-state index contributed by atoms with van der Waals surface area (Å²) in [5.41, 5.74) is 2.83. The van der Waals surface area contributed by atoms with Gasteiger partial charge in [0.15, 0.2) is 0 Å². The van der Waals surface area contributed by atoms with Crippen LogP contribution in [0.15, 0.2) is 24.3 Å². The van der Waals surface area contributed by atoms with Crippen molar-refractivity contribution in [2.75, 3.05) is 33.3 Å². The molecule has 1 aromatic heterocycles. The number of carbonyl (C=O) groups excluding carboxylic acids is 2. The van der Waals surface area contributed by atoms with Gasteiger partial charge in [0.1, 0.15) is 5.75 Å². The van der Waals surface area contributed by atoms with Crippen molar-refractivity contribution >= 4 is 11.8 Å². The summed E-state index contributed by atoms with van der Waals surface area (Å²) in [6, 6.07) is 7.24. The van der Waals surface area contributed by atoms with Crippen LogP contribution in [-0.2, 0) is 7.05 Å². The van der Waals surface area contributed by atoms with Crippen molar-refractivity contribution in [3.8, 4) is 5.75 Å². The Morgan fingerprint density at radius 2 is 1.63 bits per heavy atom. The second-order valence-electron chi connectivity index (χ2n) is 6.81. The summed E-state index contributed by atoms with van der Waals surface area (Å²) in [6.45, 7) is 6.01. The van der Waals surface area contributed by atoms with Crippen LogP contribution in [0.5, 0.6) is 5.75 Å². The summed E-state index contributed by atoms with van der Waals surface area (Å²) in [5, 5.41) is 4.34. The summed E-state index contributed by atoms with van der Waals surface area (Å²) in [5.74, 6) is 0.501. The average Bonchev–Trinajstić information content (AvgIpc) is 2.85. The second-order valence-corrected chi connectivity index (χ2v) is 6.81. The Kier molecular flexibility index (Phi) is 5.48. The Labute approximate surface area is 159 Å². The van der Waals surface area contributed by atoms with Gasteiger partial charge in [0.05, 0.1) is 23.9 Å². The number of amides is 2. The summed E-state index contributed by atoms with van der Waals surface area (Å²) in [4.78, 5) is 29.5. The average molecular weight is 370 g/mol. The number of methoxy groups -OCH3 is 1. The van der Waals surface area contributed by atoms with Crippen molar-refractivity contribution in [3.05, 3.63) is 46.8 Å². The number of hydrogen-bond donors (Lipinski definition) is 0. The Bertz CT molecular complexity index is 859. The zero-order valence-electron chi connectivity index (χ0n) is 16.4. The number of rotatable bonds is 3. The molecule has 1 fully saturated rings. The van der Waals surface area contributed by atoms with Gasteiger partial charge in [-0.25, -0.2) is 0 Å². The normalized spacial score (nSPS) is 14.8. The van der Waals surface area contributed by atoms with E-state index in [1.165, 1.54) is 0 Å². The molecule has 1 aliphatic heterocycles. The maximum atomic E-state index is 13.0. The summed E-state index contributed by atoms with van der Waals surface area (Å²) in [7, 11) is 3.41. The Morgan fingerprint density at radius 1 is 1.00 bits per heavy atom. The molecule has 7 heteroatoms. The highest BCUT2D eigenvalue weighted by atomic mass is 16.5. The third-order valence-electron chi connectivity index (χ3n) is 5.13. The van der Waals surface area contributed by atoms with Crippen LogP contribution in [-0.4, -0.2) is 64.7 Å². The van der Waals surface area contributed by atoms with Gasteiger partial charge in [-0.05, 0) is 32.4 Å². The zero-order chi connectivity index (χ0) is 19.6. The summed E-state index contributed by atoms with van der Waals surface area (Å²) in [6.07, 6.45) is 0.741. The number of carbonyl (C=O) groups is 2. The second kappa shape index (κ2) is 7.82. The van der Waals surface area contributed by atoms with Crippen molar-refractivity contribution < 1.29 is 14.3 Å². The van der Waals surface area contributed by atoms with E-state index in [9.17, 15) is 9.59 Å². The predicted molar refractivity (Wildman–Crippen MR) is 102 cm³/mol. The smallest absolute Gasteiger partial charge is 0.257 e.